The summed E-state index contributed by atoms with van der Waals surface area (Å²) in [5.41, 5.74) is 8.51. The largest absolute Gasteiger partial charge is 0.444 e. The minimum Gasteiger partial charge on any atom is -0.444 e. The predicted octanol–water partition coefficient (Wildman–Crippen LogP) is 5.42. The number of benzene rings is 2. The minimum atomic E-state index is -2.83. The Balaban J connectivity index is 1.72. The van der Waals surface area contributed by atoms with E-state index in [1.807, 2.05) is 32.9 Å². The highest BCUT2D eigenvalue weighted by Gasteiger charge is 2.51. The maximum absolute atomic E-state index is 13.1. The Hall–Kier alpha value is -3.92. The average Bonchev–Trinajstić information content (AvgIpc) is 2.93. The van der Waals surface area contributed by atoms with Crippen molar-refractivity contribution in [3.05, 3.63) is 83.5 Å². The van der Waals surface area contributed by atoms with Crippen molar-refractivity contribution in [2.75, 3.05) is 31.1 Å². The summed E-state index contributed by atoms with van der Waals surface area (Å²) in [5.74, 6) is 0.488. The molecule has 1 atom stereocenters. The Kier molecular flexibility index (Phi) is 9.01. The number of aromatic nitrogens is 2. The van der Waals surface area contributed by atoms with E-state index >= 15 is 0 Å². The van der Waals surface area contributed by atoms with E-state index in [0.717, 1.165) is 0 Å². The number of nitrogens with zero attached hydrogens (tertiary/aromatic N) is 7. The van der Waals surface area contributed by atoms with Gasteiger partial charge in [0.2, 0.25) is 5.95 Å². The lowest BCUT2D eigenvalue weighted by Gasteiger charge is -2.46. The number of rotatable bonds is 7. The summed E-state index contributed by atoms with van der Waals surface area (Å²) in [7, 11) is -2.83. The van der Waals surface area contributed by atoms with Gasteiger partial charge in [0.25, 0.3) is 8.32 Å². The topological polar surface area (TPSA) is 117 Å². The Bertz CT molecular complexity index is 1310. The Morgan fingerprint density at radius 3 is 2.02 bits per heavy atom. The molecule has 0 aliphatic carbocycles. The first-order valence-corrected chi connectivity index (χ1v) is 15.7. The van der Waals surface area contributed by atoms with E-state index in [1.165, 1.54) is 22.8 Å². The molecule has 1 aromatic heterocycles. The molecule has 1 aliphatic rings. The van der Waals surface area contributed by atoms with Gasteiger partial charge in [0, 0.05) is 36.9 Å². The van der Waals surface area contributed by atoms with Gasteiger partial charge in [-0.3, -0.25) is 0 Å². The van der Waals surface area contributed by atoms with Crippen LogP contribution in [-0.4, -0.2) is 67.2 Å². The van der Waals surface area contributed by atoms with Crippen LogP contribution in [0.25, 0.3) is 10.4 Å². The molecule has 4 rings (SSSR count). The Morgan fingerprint density at radius 2 is 1.54 bits per heavy atom. The fourth-order valence-electron chi connectivity index (χ4n) is 5.30. The number of anilines is 1. The molecule has 0 saturated carbocycles. The highest BCUT2D eigenvalue weighted by atomic mass is 28.4. The second-order valence-electron chi connectivity index (χ2n) is 12.2. The first-order valence-electron chi connectivity index (χ1n) is 13.8. The lowest BCUT2D eigenvalue weighted by molar-refractivity contribution is 0.0198. The lowest BCUT2D eigenvalue weighted by atomic mass is 10.2. The first-order chi connectivity index (χ1) is 19.4. The maximum atomic E-state index is 13.1. The molecule has 11 heteroatoms. The Morgan fingerprint density at radius 1 is 0.976 bits per heavy atom. The summed E-state index contributed by atoms with van der Waals surface area (Å²) in [6.45, 7) is 14.0. The molecule has 0 radical (unpaired) electrons. The molecule has 1 aliphatic heterocycles. The van der Waals surface area contributed by atoms with Crippen LogP contribution in [0.15, 0.2) is 78.2 Å². The molecule has 2 heterocycles. The summed E-state index contributed by atoms with van der Waals surface area (Å²) < 4.78 is 13.0. The Labute approximate surface area is 243 Å². The van der Waals surface area contributed by atoms with Crippen LogP contribution in [0.2, 0.25) is 5.04 Å². The highest BCUT2D eigenvalue weighted by molar-refractivity contribution is 6.99. The third kappa shape index (κ3) is 6.87. The van der Waals surface area contributed by atoms with Gasteiger partial charge in [-0.2, -0.15) is 0 Å². The van der Waals surface area contributed by atoms with Crippen molar-refractivity contribution in [2.45, 2.75) is 58.2 Å². The van der Waals surface area contributed by atoms with Crippen molar-refractivity contribution in [3.8, 4) is 0 Å². The normalized spacial score (nSPS) is 16.2. The van der Waals surface area contributed by atoms with Crippen molar-refractivity contribution in [1.29, 1.82) is 0 Å². The molecule has 2 aromatic carbocycles. The number of hydrogen-bond donors (Lipinski definition) is 0. The zero-order valence-corrected chi connectivity index (χ0v) is 25.7. The van der Waals surface area contributed by atoms with Crippen LogP contribution < -0.4 is 15.3 Å². The highest BCUT2D eigenvalue weighted by Crippen LogP contribution is 2.37. The summed E-state index contributed by atoms with van der Waals surface area (Å²) in [6, 6.07) is 20.7. The number of ether oxygens (including phenoxy) is 1. The maximum Gasteiger partial charge on any atom is 0.410 e. The molecule has 1 fully saturated rings. The molecule has 216 valence electrons. The molecule has 41 heavy (non-hydrogen) atoms. The van der Waals surface area contributed by atoms with E-state index in [-0.39, 0.29) is 17.2 Å². The zero-order valence-electron chi connectivity index (χ0n) is 24.7. The van der Waals surface area contributed by atoms with Gasteiger partial charge in [-0.05, 0) is 41.7 Å². The number of carbonyl (C=O) groups excluding carboxylic acids is 1. The SMILES string of the molecule is CC(C)(C)OC(=O)N1CCN(c2ncc(N=[N+]=[N-])cn2)C(CO[Si](c2ccccc2)(c2ccccc2)C(C)(C)C)C1. The van der Waals surface area contributed by atoms with Gasteiger partial charge in [-0.1, -0.05) is 86.5 Å². The van der Waals surface area contributed by atoms with Crippen LogP contribution in [0.1, 0.15) is 41.5 Å². The number of azide groups is 1. The van der Waals surface area contributed by atoms with E-state index in [4.69, 9.17) is 14.7 Å². The fraction of sp³-hybridized carbons (Fsp3) is 0.433. The zero-order chi connectivity index (χ0) is 29.7. The van der Waals surface area contributed by atoms with E-state index in [1.54, 1.807) is 4.90 Å². The van der Waals surface area contributed by atoms with Gasteiger partial charge in [0.15, 0.2) is 0 Å². The van der Waals surface area contributed by atoms with E-state index < -0.39 is 13.9 Å². The van der Waals surface area contributed by atoms with Gasteiger partial charge in [-0.25, -0.2) is 14.8 Å². The molecule has 0 bridgehead atoms. The molecule has 0 spiro atoms. The number of carbonyl (C=O) groups is 1. The molecule has 10 nitrogen and oxygen atoms in total. The summed E-state index contributed by atoms with van der Waals surface area (Å²) in [6.07, 6.45) is 2.65. The van der Waals surface area contributed by atoms with Crippen LogP contribution >= 0.6 is 0 Å². The number of amides is 1. The number of piperazine rings is 1. The standard InChI is InChI=1S/C30H39N7O3Si/c1-29(2,3)40-28(38)36-17-18-37(27-32-19-23(20-33-27)34-35-31)24(21-36)22-39-41(30(4,5)6,25-13-9-7-10-14-25)26-15-11-8-12-16-26/h7-16,19-20,24H,17-18,21-22H2,1-6H3. The van der Waals surface area contributed by atoms with E-state index in [0.29, 0.717) is 37.9 Å². The molecular formula is C30H39N7O3Si. The van der Waals surface area contributed by atoms with Crippen LogP contribution in [0.4, 0.5) is 16.4 Å². The lowest BCUT2D eigenvalue weighted by Crippen LogP contribution is -2.68. The molecule has 0 N–H and O–H groups in total. The van der Waals surface area contributed by atoms with Crippen molar-refractivity contribution >= 4 is 36.4 Å². The monoisotopic (exact) mass is 573 g/mol. The van der Waals surface area contributed by atoms with Crippen molar-refractivity contribution < 1.29 is 14.0 Å². The van der Waals surface area contributed by atoms with Gasteiger partial charge in [0.05, 0.1) is 18.3 Å². The quantitative estimate of drug-likeness (QED) is 0.161. The van der Waals surface area contributed by atoms with E-state index in [2.05, 4.69) is 94.2 Å². The smallest absolute Gasteiger partial charge is 0.410 e. The molecule has 3 aromatic rings. The molecular weight excluding hydrogens is 534 g/mol. The third-order valence-corrected chi connectivity index (χ3v) is 12.1. The second-order valence-corrected chi connectivity index (χ2v) is 16.5. The van der Waals surface area contributed by atoms with Gasteiger partial charge < -0.3 is 19.0 Å². The van der Waals surface area contributed by atoms with Crippen molar-refractivity contribution in [2.24, 2.45) is 5.11 Å². The summed E-state index contributed by atoms with van der Waals surface area (Å²) >= 11 is 0. The van der Waals surface area contributed by atoms with Gasteiger partial charge in [0.1, 0.15) is 5.60 Å². The minimum absolute atomic E-state index is 0.201. The van der Waals surface area contributed by atoms with Crippen molar-refractivity contribution in [3.63, 3.8) is 0 Å². The van der Waals surface area contributed by atoms with E-state index in [9.17, 15) is 4.79 Å². The van der Waals surface area contributed by atoms with Crippen LogP contribution in [-0.2, 0) is 9.16 Å². The molecule has 1 unspecified atom stereocenters. The van der Waals surface area contributed by atoms with Crippen LogP contribution in [0, 0.1) is 0 Å². The average molecular weight is 574 g/mol. The van der Waals surface area contributed by atoms with Gasteiger partial charge >= 0.3 is 6.09 Å². The van der Waals surface area contributed by atoms with Crippen LogP contribution in [0.3, 0.4) is 0 Å². The fourth-order valence-corrected chi connectivity index (χ4v) is 9.90. The molecule has 1 amide bonds. The first kappa shape index (κ1) is 30.0. The number of hydrogen-bond acceptors (Lipinski definition) is 7. The van der Waals surface area contributed by atoms with Crippen molar-refractivity contribution in [1.82, 2.24) is 14.9 Å². The third-order valence-electron chi connectivity index (χ3n) is 7.09. The molecule has 1 saturated heterocycles. The summed E-state index contributed by atoms with van der Waals surface area (Å²) in [4.78, 5) is 28.7. The summed E-state index contributed by atoms with van der Waals surface area (Å²) in [5, 5.41) is 5.75. The van der Waals surface area contributed by atoms with Crippen LogP contribution in [0.5, 0.6) is 0 Å². The van der Waals surface area contributed by atoms with Gasteiger partial charge in [-0.15, -0.1) is 0 Å². The second kappa shape index (κ2) is 12.3. The predicted molar refractivity (Wildman–Crippen MR) is 163 cm³/mol.